The summed E-state index contributed by atoms with van der Waals surface area (Å²) in [4.78, 5) is 14.5. The second kappa shape index (κ2) is 9.42. The lowest BCUT2D eigenvalue weighted by Crippen LogP contribution is -2.39. The van der Waals surface area contributed by atoms with Crippen molar-refractivity contribution in [2.75, 3.05) is 19.8 Å². The molecule has 1 saturated heterocycles. The van der Waals surface area contributed by atoms with Gasteiger partial charge in [0.05, 0.1) is 18.8 Å². The zero-order chi connectivity index (χ0) is 15.8. The standard InChI is InChI=1S/C17H34N2O2/c1-6-7-16-18-15(12-14(4)5)17(20)19(16)9-11-21-10-8-13(2)3/h13-16,18H,6-12H2,1-5H3. The number of hydrogen-bond acceptors (Lipinski definition) is 3. The molecule has 4 nitrogen and oxygen atoms in total. The maximum absolute atomic E-state index is 12.5. The maximum atomic E-state index is 12.5. The second-order valence-corrected chi connectivity index (χ2v) is 6.98. The molecule has 0 aliphatic carbocycles. The molecule has 0 aromatic heterocycles. The van der Waals surface area contributed by atoms with Crippen LogP contribution in [0.4, 0.5) is 0 Å². The average Bonchev–Trinajstić information content (AvgIpc) is 2.66. The van der Waals surface area contributed by atoms with Gasteiger partial charge in [-0.1, -0.05) is 41.0 Å². The topological polar surface area (TPSA) is 41.6 Å². The van der Waals surface area contributed by atoms with Crippen LogP contribution in [0.3, 0.4) is 0 Å². The molecule has 0 aromatic rings. The van der Waals surface area contributed by atoms with Gasteiger partial charge in [-0.05, 0) is 31.1 Å². The highest BCUT2D eigenvalue weighted by molar-refractivity contribution is 5.84. The number of hydrogen-bond donors (Lipinski definition) is 1. The van der Waals surface area contributed by atoms with Crippen LogP contribution in [0.25, 0.3) is 0 Å². The first-order valence-electron chi connectivity index (χ1n) is 8.60. The first kappa shape index (κ1) is 18.4. The van der Waals surface area contributed by atoms with Gasteiger partial charge in [0.25, 0.3) is 0 Å². The van der Waals surface area contributed by atoms with E-state index in [1.165, 1.54) is 0 Å². The van der Waals surface area contributed by atoms with Gasteiger partial charge in [-0.15, -0.1) is 0 Å². The van der Waals surface area contributed by atoms with E-state index in [4.69, 9.17) is 4.74 Å². The lowest BCUT2D eigenvalue weighted by molar-refractivity contribution is -0.131. The molecule has 0 saturated carbocycles. The van der Waals surface area contributed by atoms with Crippen molar-refractivity contribution >= 4 is 5.91 Å². The van der Waals surface area contributed by atoms with E-state index in [2.05, 4.69) is 39.9 Å². The highest BCUT2D eigenvalue weighted by Crippen LogP contribution is 2.19. The summed E-state index contributed by atoms with van der Waals surface area (Å²) in [5.74, 6) is 1.47. The Morgan fingerprint density at radius 2 is 1.90 bits per heavy atom. The van der Waals surface area contributed by atoms with Crippen molar-refractivity contribution < 1.29 is 9.53 Å². The van der Waals surface area contributed by atoms with Crippen LogP contribution in [0.15, 0.2) is 0 Å². The smallest absolute Gasteiger partial charge is 0.241 e. The number of ether oxygens (including phenoxy) is 1. The summed E-state index contributed by atoms with van der Waals surface area (Å²) in [5, 5.41) is 3.50. The molecule has 1 aliphatic rings. The van der Waals surface area contributed by atoms with Crippen LogP contribution in [-0.2, 0) is 9.53 Å². The third-order valence-electron chi connectivity index (χ3n) is 3.94. The number of carbonyl (C=O) groups is 1. The minimum absolute atomic E-state index is 0.00258. The molecule has 0 spiro atoms. The summed E-state index contributed by atoms with van der Waals surface area (Å²) in [6, 6.07) is -0.00258. The van der Waals surface area contributed by atoms with Crippen molar-refractivity contribution in [2.24, 2.45) is 11.8 Å². The van der Waals surface area contributed by atoms with Gasteiger partial charge >= 0.3 is 0 Å². The van der Waals surface area contributed by atoms with Gasteiger partial charge in [-0.2, -0.15) is 0 Å². The summed E-state index contributed by atoms with van der Waals surface area (Å²) >= 11 is 0. The molecule has 4 heteroatoms. The Labute approximate surface area is 130 Å². The fourth-order valence-electron chi connectivity index (χ4n) is 2.75. The Hall–Kier alpha value is -0.610. The van der Waals surface area contributed by atoms with Crippen LogP contribution in [0, 0.1) is 11.8 Å². The van der Waals surface area contributed by atoms with E-state index in [0.29, 0.717) is 25.0 Å². The summed E-state index contributed by atoms with van der Waals surface area (Å²) in [5.41, 5.74) is 0. The van der Waals surface area contributed by atoms with Crippen molar-refractivity contribution in [2.45, 2.75) is 72.5 Å². The predicted molar refractivity (Wildman–Crippen MR) is 87.1 cm³/mol. The summed E-state index contributed by atoms with van der Waals surface area (Å²) in [7, 11) is 0. The van der Waals surface area contributed by atoms with Gasteiger partial charge in [0.1, 0.15) is 0 Å². The number of nitrogens with zero attached hydrogens (tertiary/aromatic N) is 1. The number of nitrogens with one attached hydrogen (secondary N) is 1. The van der Waals surface area contributed by atoms with Crippen LogP contribution in [0.1, 0.15) is 60.3 Å². The number of amides is 1. The molecule has 1 N–H and O–H groups in total. The Morgan fingerprint density at radius 3 is 2.48 bits per heavy atom. The van der Waals surface area contributed by atoms with E-state index in [1.807, 2.05) is 4.90 Å². The third kappa shape index (κ3) is 6.35. The monoisotopic (exact) mass is 298 g/mol. The largest absolute Gasteiger partial charge is 0.380 e. The molecular formula is C17H34N2O2. The van der Waals surface area contributed by atoms with Crippen LogP contribution in [-0.4, -0.2) is 42.8 Å². The average molecular weight is 298 g/mol. The Bertz CT molecular complexity index is 305. The predicted octanol–water partition coefficient (Wildman–Crippen LogP) is 3.02. The number of carbonyl (C=O) groups excluding carboxylic acids is 1. The molecule has 1 aliphatic heterocycles. The molecule has 0 bridgehead atoms. The third-order valence-corrected chi connectivity index (χ3v) is 3.94. The first-order chi connectivity index (χ1) is 9.95. The molecule has 21 heavy (non-hydrogen) atoms. The Kier molecular flexibility index (Phi) is 8.27. The van der Waals surface area contributed by atoms with Crippen molar-refractivity contribution in [3.63, 3.8) is 0 Å². The van der Waals surface area contributed by atoms with E-state index in [-0.39, 0.29) is 18.1 Å². The number of rotatable bonds is 10. The molecule has 1 amide bonds. The molecule has 1 heterocycles. The van der Waals surface area contributed by atoms with E-state index < -0.39 is 0 Å². The highest BCUT2D eigenvalue weighted by atomic mass is 16.5. The van der Waals surface area contributed by atoms with Gasteiger partial charge in [0.15, 0.2) is 0 Å². The fraction of sp³-hybridized carbons (Fsp3) is 0.941. The minimum atomic E-state index is -0.00258. The van der Waals surface area contributed by atoms with Crippen molar-refractivity contribution in [1.29, 1.82) is 0 Å². The molecule has 0 aromatic carbocycles. The van der Waals surface area contributed by atoms with E-state index >= 15 is 0 Å². The molecule has 124 valence electrons. The van der Waals surface area contributed by atoms with Gasteiger partial charge < -0.3 is 9.64 Å². The van der Waals surface area contributed by atoms with Crippen LogP contribution < -0.4 is 5.32 Å². The molecule has 2 atom stereocenters. The normalized spacial score (nSPS) is 22.8. The van der Waals surface area contributed by atoms with Crippen LogP contribution >= 0.6 is 0 Å². The van der Waals surface area contributed by atoms with Crippen LogP contribution in [0.5, 0.6) is 0 Å². The molecule has 2 unspecified atom stereocenters. The quantitative estimate of drug-likeness (QED) is 0.630. The second-order valence-electron chi connectivity index (χ2n) is 6.98. The Morgan fingerprint density at radius 1 is 1.19 bits per heavy atom. The van der Waals surface area contributed by atoms with E-state index in [9.17, 15) is 4.79 Å². The minimum Gasteiger partial charge on any atom is -0.380 e. The fourth-order valence-corrected chi connectivity index (χ4v) is 2.75. The summed E-state index contributed by atoms with van der Waals surface area (Å²) < 4.78 is 5.68. The van der Waals surface area contributed by atoms with Gasteiger partial charge in [0, 0.05) is 13.2 Å². The summed E-state index contributed by atoms with van der Waals surface area (Å²) in [6.45, 7) is 13.1. The highest BCUT2D eigenvalue weighted by Gasteiger charge is 2.37. The van der Waals surface area contributed by atoms with Crippen molar-refractivity contribution in [3.8, 4) is 0 Å². The lowest BCUT2D eigenvalue weighted by atomic mass is 10.0. The SMILES string of the molecule is CCCC1NC(CC(C)C)C(=O)N1CCOCCC(C)C. The first-order valence-corrected chi connectivity index (χ1v) is 8.60. The van der Waals surface area contributed by atoms with E-state index in [0.717, 1.165) is 32.3 Å². The zero-order valence-corrected chi connectivity index (χ0v) is 14.5. The molecule has 0 radical (unpaired) electrons. The maximum Gasteiger partial charge on any atom is 0.241 e. The van der Waals surface area contributed by atoms with Crippen molar-refractivity contribution in [3.05, 3.63) is 0 Å². The molecule has 1 rings (SSSR count). The van der Waals surface area contributed by atoms with Crippen LogP contribution in [0.2, 0.25) is 0 Å². The van der Waals surface area contributed by atoms with Gasteiger partial charge in [-0.25, -0.2) is 0 Å². The Balaban J connectivity index is 2.42. The lowest BCUT2D eigenvalue weighted by Gasteiger charge is -2.23. The van der Waals surface area contributed by atoms with Gasteiger partial charge in [-0.3, -0.25) is 10.1 Å². The van der Waals surface area contributed by atoms with Gasteiger partial charge in [0.2, 0.25) is 5.91 Å². The summed E-state index contributed by atoms with van der Waals surface area (Å²) in [6.07, 6.45) is 4.31. The zero-order valence-electron chi connectivity index (χ0n) is 14.5. The van der Waals surface area contributed by atoms with E-state index in [1.54, 1.807) is 0 Å². The molecule has 1 fully saturated rings. The van der Waals surface area contributed by atoms with Crippen molar-refractivity contribution in [1.82, 2.24) is 10.2 Å². The molecular weight excluding hydrogens is 264 g/mol.